The van der Waals surface area contributed by atoms with E-state index in [-0.39, 0.29) is 0 Å². The zero-order valence-corrected chi connectivity index (χ0v) is 20.8. The molecule has 1 atom stereocenters. The zero-order chi connectivity index (χ0) is 21.0. The van der Waals surface area contributed by atoms with Gasteiger partial charge in [-0.05, 0) is 63.2 Å². The third-order valence-electron chi connectivity index (χ3n) is 5.28. The van der Waals surface area contributed by atoms with Gasteiger partial charge in [0.15, 0.2) is 5.69 Å². The van der Waals surface area contributed by atoms with Crippen molar-refractivity contribution >= 4 is 40.9 Å². The molecule has 0 fully saturated rings. The predicted octanol–water partition coefficient (Wildman–Crippen LogP) is 6.33. The van der Waals surface area contributed by atoms with Crippen molar-refractivity contribution < 1.29 is 4.57 Å². The number of aryl methyl sites for hydroxylation is 1. The highest BCUT2D eigenvalue weighted by Crippen LogP contribution is 2.37. The van der Waals surface area contributed by atoms with E-state index < -0.39 is 0 Å². The summed E-state index contributed by atoms with van der Waals surface area (Å²) in [5.41, 5.74) is 5.35. The molecular weight excluding hydrogens is 414 g/mol. The lowest BCUT2D eigenvalue weighted by atomic mass is 10.2. The summed E-state index contributed by atoms with van der Waals surface area (Å²) in [7, 11) is 0. The van der Waals surface area contributed by atoms with Crippen LogP contribution >= 0.6 is 34.9 Å². The first-order chi connectivity index (χ1) is 14.0. The van der Waals surface area contributed by atoms with E-state index in [1.54, 1.807) is 0 Å². The molecule has 1 aromatic heterocycles. The fraction of sp³-hybridized carbons (Fsp3) is 0.435. The monoisotopic (exact) mass is 446 g/mol. The topological polar surface area (TPSA) is 10.4 Å². The summed E-state index contributed by atoms with van der Waals surface area (Å²) in [6.07, 6.45) is 9.21. The molecule has 0 radical (unpaired) electrons. The van der Waals surface area contributed by atoms with Gasteiger partial charge >= 0.3 is 0 Å². The van der Waals surface area contributed by atoms with Crippen molar-refractivity contribution in [3.05, 3.63) is 67.1 Å². The first-order valence-electron chi connectivity index (χ1n) is 10.3. The number of hydrogen-bond donors (Lipinski definition) is 0. The maximum Gasteiger partial charge on any atom is 0.261 e. The molecule has 0 bridgehead atoms. The Kier molecular flexibility index (Phi) is 7.77. The minimum absolute atomic E-state index is 0.333. The number of thiazole rings is 1. The van der Waals surface area contributed by atoms with Crippen molar-refractivity contribution in [2.75, 3.05) is 13.1 Å². The summed E-state index contributed by atoms with van der Waals surface area (Å²) in [4.78, 5) is 4.86. The number of hydrogen-bond acceptors (Lipinski definition) is 5. The molecule has 0 saturated heterocycles. The van der Waals surface area contributed by atoms with Crippen molar-refractivity contribution in [2.24, 2.45) is 0 Å². The Balaban J connectivity index is 1.93. The first-order valence-corrected chi connectivity index (χ1v) is 13.0. The van der Waals surface area contributed by atoms with Gasteiger partial charge in [-0.15, -0.1) is 11.8 Å². The summed E-state index contributed by atoms with van der Waals surface area (Å²) in [5, 5.41) is 9.72. The molecule has 6 heteroatoms. The van der Waals surface area contributed by atoms with Gasteiger partial charge in [-0.1, -0.05) is 29.2 Å². The van der Waals surface area contributed by atoms with E-state index in [2.05, 4.69) is 96.4 Å². The molecular formula is C23H32N3S3+. The van der Waals surface area contributed by atoms with Gasteiger partial charge in [-0.25, -0.2) is 0 Å². The van der Waals surface area contributed by atoms with Crippen LogP contribution in [0.15, 0.2) is 56.4 Å². The van der Waals surface area contributed by atoms with E-state index in [1.807, 2.05) is 34.9 Å². The van der Waals surface area contributed by atoms with E-state index in [4.69, 9.17) is 0 Å². The summed E-state index contributed by atoms with van der Waals surface area (Å²) >= 11 is 5.55. The van der Waals surface area contributed by atoms with Gasteiger partial charge < -0.3 is 9.80 Å². The van der Waals surface area contributed by atoms with Crippen LogP contribution in [-0.4, -0.2) is 28.3 Å². The molecule has 156 valence electrons. The average Bonchev–Trinajstić information content (AvgIpc) is 3.38. The normalized spacial score (nSPS) is 21.7. The van der Waals surface area contributed by atoms with Gasteiger partial charge in [0.05, 0.1) is 10.4 Å². The second-order valence-corrected chi connectivity index (χ2v) is 9.85. The molecule has 0 aromatic carbocycles. The Morgan fingerprint density at radius 3 is 2.59 bits per heavy atom. The van der Waals surface area contributed by atoms with Crippen LogP contribution < -0.4 is 4.57 Å². The van der Waals surface area contributed by atoms with Crippen molar-refractivity contribution in [2.45, 2.75) is 53.5 Å². The van der Waals surface area contributed by atoms with Gasteiger partial charge in [-0.3, -0.25) is 0 Å². The molecule has 29 heavy (non-hydrogen) atoms. The largest absolute Gasteiger partial charge is 0.359 e. The third kappa shape index (κ3) is 4.86. The second kappa shape index (κ2) is 10.1. The van der Waals surface area contributed by atoms with Crippen LogP contribution in [0.25, 0.3) is 6.08 Å². The number of thioether (sulfide) groups is 2. The van der Waals surface area contributed by atoms with Crippen LogP contribution in [0.2, 0.25) is 0 Å². The van der Waals surface area contributed by atoms with E-state index in [0.717, 1.165) is 19.6 Å². The molecule has 2 aliphatic heterocycles. The average molecular weight is 447 g/mol. The summed E-state index contributed by atoms with van der Waals surface area (Å²) < 4.78 is 2.37. The highest BCUT2D eigenvalue weighted by molar-refractivity contribution is 8.06. The SMILES string of the molecule is CCN1C(C)=CS\C1=C/C=C(/C=C/c1scc(C)[n+]1CC)C1SC=C(C)N1CC. The standard InChI is InChI=1S/C23H32N3S3/c1-7-24-17(4)14-27-21(24)12-10-20(23-26(9-3)19(6)16-29-23)11-13-22-25(8-2)18(5)15-28-22/h10-16,23H,7-9H2,1-6H3/q+1. The smallest absolute Gasteiger partial charge is 0.261 e. The lowest BCUT2D eigenvalue weighted by Crippen LogP contribution is -2.35. The van der Waals surface area contributed by atoms with Gasteiger partial charge in [0.25, 0.3) is 5.01 Å². The highest BCUT2D eigenvalue weighted by atomic mass is 32.2. The van der Waals surface area contributed by atoms with Gasteiger partial charge in [0.1, 0.15) is 11.9 Å². The van der Waals surface area contributed by atoms with Crippen LogP contribution in [0.4, 0.5) is 0 Å². The van der Waals surface area contributed by atoms with Gasteiger partial charge in [-0.2, -0.15) is 4.57 Å². The van der Waals surface area contributed by atoms with Crippen molar-refractivity contribution in [1.29, 1.82) is 0 Å². The molecule has 3 rings (SSSR count). The number of aromatic nitrogens is 1. The first kappa shape index (κ1) is 22.3. The summed E-state index contributed by atoms with van der Waals surface area (Å²) in [6.45, 7) is 16.3. The van der Waals surface area contributed by atoms with Crippen LogP contribution in [0.1, 0.15) is 45.3 Å². The molecule has 3 heterocycles. The second-order valence-electron chi connectivity index (χ2n) is 7.12. The molecule has 0 saturated carbocycles. The Labute approximate surface area is 188 Å². The van der Waals surface area contributed by atoms with E-state index in [9.17, 15) is 0 Å². The Morgan fingerprint density at radius 1 is 1.10 bits per heavy atom. The Morgan fingerprint density at radius 2 is 1.90 bits per heavy atom. The molecule has 1 aromatic rings. The highest BCUT2D eigenvalue weighted by Gasteiger charge is 2.26. The van der Waals surface area contributed by atoms with Crippen molar-refractivity contribution in [1.82, 2.24) is 9.80 Å². The third-order valence-corrected chi connectivity index (χ3v) is 8.66. The number of rotatable bonds is 7. The van der Waals surface area contributed by atoms with Crippen LogP contribution in [-0.2, 0) is 6.54 Å². The van der Waals surface area contributed by atoms with E-state index in [0.29, 0.717) is 5.37 Å². The molecule has 1 unspecified atom stereocenters. The van der Waals surface area contributed by atoms with Crippen LogP contribution in [0, 0.1) is 6.92 Å². The van der Waals surface area contributed by atoms with Crippen LogP contribution in [0.3, 0.4) is 0 Å². The Hall–Kier alpha value is -1.37. The number of allylic oxidation sites excluding steroid dienone is 4. The maximum atomic E-state index is 2.48. The fourth-order valence-electron chi connectivity index (χ4n) is 3.68. The lowest BCUT2D eigenvalue weighted by Gasteiger charge is -2.27. The van der Waals surface area contributed by atoms with Crippen molar-refractivity contribution in [3.8, 4) is 0 Å². The quantitative estimate of drug-likeness (QED) is 0.357. The van der Waals surface area contributed by atoms with Crippen LogP contribution in [0.5, 0.6) is 0 Å². The fourth-order valence-corrected chi connectivity index (χ4v) is 6.85. The molecule has 2 aliphatic rings. The molecule has 0 spiro atoms. The number of likely N-dealkylation sites (N-methyl/N-ethyl adjacent to an activating group) is 1. The van der Waals surface area contributed by atoms with Gasteiger partial charge in [0, 0.05) is 37.5 Å². The number of nitrogens with zero attached hydrogens (tertiary/aromatic N) is 3. The molecule has 3 nitrogen and oxygen atoms in total. The molecule has 0 amide bonds. The molecule has 0 aliphatic carbocycles. The molecule has 0 N–H and O–H groups in total. The summed E-state index contributed by atoms with van der Waals surface area (Å²) in [5.74, 6) is 0. The predicted molar refractivity (Wildman–Crippen MR) is 131 cm³/mol. The Bertz CT molecular complexity index is 889. The minimum Gasteiger partial charge on any atom is -0.359 e. The zero-order valence-electron chi connectivity index (χ0n) is 18.3. The lowest BCUT2D eigenvalue weighted by molar-refractivity contribution is -0.696. The summed E-state index contributed by atoms with van der Waals surface area (Å²) in [6, 6.07) is 0. The maximum absolute atomic E-state index is 2.48. The van der Waals surface area contributed by atoms with Crippen molar-refractivity contribution in [3.63, 3.8) is 0 Å². The minimum atomic E-state index is 0.333. The van der Waals surface area contributed by atoms with E-state index in [1.165, 1.54) is 32.7 Å². The van der Waals surface area contributed by atoms with Gasteiger partial charge in [0.2, 0.25) is 0 Å². The van der Waals surface area contributed by atoms with E-state index >= 15 is 0 Å².